The van der Waals surface area contributed by atoms with Crippen LogP contribution in [0.3, 0.4) is 0 Å². The van der Waals surface area contributed by atoms with Crippen LogP contribution < -0.4 is 24.5 Å². The summed E-state index contributed by atoms with van der Waals surface area (Å²) < 4.78 is 39.1. The fourth-order valence-electron chi connectivity index (χ4n) is 3.84. The molecule has 42 heavy (non-hydrogen) atoms. The Balaban J connectivity index is 1.43. The van der Waals surface area contributed by atoms with Crippen LogP contribution >= 0.6 is 0 Å². The molecule has 0 aliphatic heterocycles. The molecular formula is C31H30N4O6S. The molecule has 0 radical (unpaired) electrons. The molecule has 216 valence electrons. The summed E-state index contributed by atoms with van der Waals surface area (Å²) in [5.41, 5.74) is 4.86. The van der Waals surface area contributed by atoms with Crippen LogP contribution in [0.15, 0.2) is 113 Å². The summed E-state index contributed by atoms with van der Waals surface area (Å²) in [5.74, 6) is 0.283. The summed E-state index contributed by atoms with van der Waals surface area (Å²) >= 11 is 0. The van der Waals surface area contributed by atoms with Crippen molar-refractivity contribution >= 4 is 39.4 Å². The van der Waals surface area contributed by atoms with Gasteiger partial charge in [-0.2, -0.15) is 5.10 Å². The van der Waals surface area contributed by atoms with Crippen LogP contribution in [0.5, 0.6) is 11.5 Å². The Morgan fingerprint density at radius 1 is 0.857 bits per heavy atom. The number of sulfonamides is 1. The number of hydrogen-bond acceptors (Lipinski definition) is 7. The van der Waals surface area contributed by atoms with E-state index in [4.69, 9.17) is 9.47 Å². The van der Waals surface area contributed by atoms with E-state index in [1.54, 1.807) is 48.5 Å². The predicted octanol–water partition coefficient (Wildman–Crippen LogP) is 4.58. The average Bonchev–Trinajstić information content (AvgIpc) is 3.00. The van der Waals surface area contributed by atoms with E-state index in [-0.39, 0.29) is 16.5 Å². The number of nitrogens with one attached hydrogen (secondary N) is 2. The summed E-state index contributed by atoms with van der Waals surface area (Å²) in [4.78, 5) is 24.1. The molecule has 0 saturated carbocycles. The molecule has 2 amide bonds. The topological polar surface area (TPSA) is 126 Å². The molecule has 0 heterocycles. The molecule has 4 rings (SSSR count). The van der Waals surface area contributed by atoms with Crippen molar-refractivity contribution in [2.45, 2.75) is 18.4 Å². The minimum atomic E-state index is -4.17. The van der Waals surface area contributed by atoms with Gasteiger partial charge in [0.15, 0.2) is 0 Å². The number of benzene rings is 4. The Hall–Kier alpha value is -5.16. The number of nitrogens with zero attached hydrogens (tertiary/aromatic N) is 2. The highest BCUT2D eigenvalue weighted by molar-refractivity contribution is 7.92. The lowest BCUT2D eigenvalue weighted by Crippen LogP contribution is -2.39. The van der Waals surface area contributed by atoms with Gasteiger partial charge >= 0.3 is 0 Å². The van der Waals surface area contributed by atoms with Crippen LogP contribution in [-0.4, -0.2) is 40.1 Å². The van der Waals surface area contributed by atoms with Gasteiger partial charge in [-0.05, 0) is 83.9 Å². The third kappa shape index (κ3) is 8.18. The van der Waals surface area contributed by atoms with Crippen molar-refractivity contribution in [2.75, 3.05) is 23.3 Å². The molecule has 0 spiro atoms. The fourth-order valence-corrected chi connectivity index (χ4v) is 5.26. The maximum atomic E-state index is 13.6. The van der Waals surface area contributed by atoms with Gasteiger partial charge in [-0.25, -0.2) is 13.8 Å². The van der Waals surface area contributed by atoms with E-state index in [2.05, 4.69) is 15.8 Å². The maximum absolute atomic E-state index is 13.6. The van der Waals surface area contributed by atoms with E-state index in [0.29, 0.717) is 29.4 Å². The van der Waals surface area contributed by atoms with Gasteiger partial charge in [0.1, 0.15) is 24.7 Å². The molecule has 0 aromatic heterocycles. The van der Waals surface area contributed by atoms with E-state index in [1.807, 2.05) is 30.3 Å². The van der Waals surface area contributed by atoms with Crippen LogP contribution in [0.1, 0.15) is 18.1 Å². The van der Waals surface area contributed by atoms with Crippen LogP contribution in [0.25, 0.3) is 0 Å². The van der Waals surface area contributed by atoms with Crippen LogP contribution in [0, 0.1) is 0 Å². The number of amides is 2. The molecule has 4 aromatic carbocycles. The summed E-state index contributed by atoms with van der Waals surface area (Å²) in [7, 11) is -2.67. The summed E-state index contributed by atoms with van der Waals surface area (Å²) in [6, 6.07) is 28.9. The van der Waals surface area contributed by atoms with Gasteiger partial charge in [0.2, 0.25) is 5.91 Å². The average molecular weight is 587 g/mol. The standard InChI is InChI=1S/C31H30N4O6S/c1-23(36)33-26-10-18-30(19-11-26)42(38,39)35(27-12-16-28(40-2)17-13-27)21-31(37)34-32-20-24-8-14-29(15-9-24)41-22-25-6-4-3-5-7-25/h3-20H,21-22H2,1-2H3,(H,33,36)(H,34,37)/b32-20-. The quantitative estimate of drug-likeness (QED) is 0.185. The zero-order chi connectivity index (χ0) is 30.0. The summed E-state index contributed by atoms with van der Waals surface area (Å²) in [6.45, 7) is 1.26. The molecule has 0 fully saturated rings. The maximum Gasteiger partial charge on any atom is 0.264 e. The molecule has 0 aliphatic carbocycles. The highest BCUT2D eigenvalue weighted by Gasteiger charge is 2.27. The molecule has 4 aromatic rings. The van der Waals surface area contributed by atoms with Crippen molar-refractivity contribution in [3.05, 3.63) is 114 Å². The molecule has 0 aliphatic rings. The van der Waals surface area contributed by atoms with Crippen molar-refractivity contribution in [1.82, 2.24) is 5.43 Å². The van der Waals surface area contributed by atoms with Crippen molar-refractivity contribution < 1.29 is 27.5 Å². The zero-order valence-corrected chi connectivity index (χ0v) is 23.9. The SMILES string of the molecule is COc1ccc(N(CC(=O)N/N=C\c2ccc(OCc3ccccc3)cc2)S(=O)(=O)c2ccc(NC(C)=O)cc2)cc1. The first-order valence-electron chi connectivity index (χ1n) is 12.9. The van der Waals surface area contributed by atoms with E-state index >= 15 is 0 Å². The van der Waals surface area contributed by atoms with Crippen molar-refractivity contribution in [3.8, 4) is 11.5 Å². The Bertz CT molecular complexity index is 1620. The number of carbonyl (C=O) groups excluding carboxylic acids is 2. The molecule has 2 N–H and O–H groups in total. The van der Waals surface area contributed by atoms with Gasteiger partial charge < -0.3 is 14.8 Å². The minimum absolute atomic E-state index is 0.0571. The van der Waals surface area contributed by atoms with E-state index < -0.39 is 22.5 Å². The highest BCUT2D eigenvalue weighted by atomic mass is 32.2. The first-order valence-corrected chi connectivity index (χ1v) is 14.3. The molecule has 10 nitrogen and oxygen atoms in total. The van der Waals surface area contributed by atoms with E-state index in [1.165, 1.54) is 44.5 Å². The molecule has 0 unspecified atom stereocenters. The molecule has 0 bridgehead atoms. The van der Waals surface area contributed by atoms with Crippen molar-refractivity contribution in [2.24, 2.45) is 5.10 Å². The first-order chi connectivity index (χ1) is 20.2. The molecule has 0 atom stereocenters. The third-order valence-corrected chi connectivity index (χ3v) is 7.73. The lowest BCUT2D eigenvalue weighted by atomic mass is 10.2. The number of rotatable bonds is 12. The normalized spacial score (nSPS) is 11.1. The highest BCUT2D eigenvalue weighted by Crippen LogP contribution is 2.26. The van der Waals surface area contributed by atoms with Crippen LogP contribution in [0.2, 0.25) is 0 Å². The predicted molar refractivity (Wildman–Crippen MR) is 161 cm³/mol. The lowest BCUT2D eigenvalue weighted by Gasteiger charge is -2.24. The second kappa shape index (κ2) is 14.0. The molecular weight excluding hydrogens is 556 g/mol. The minimum Gasteiger partial charge on any atom is -0.497 e. The Kier molecular flexibility index (Phi) is 9.90. The molecule has 11 heteroatoms. The zero-order valence-electron chi connectivity index (χ0n) is 23.1. The van der Waals surface area contributed by atoms with Crippen LogP contribution in [0.4, 0.5) is 11.4 Å². The first kappa shape index (κ1) is 29.8. The Labute approximate surface area is 244 Å². The lowest BCUT2D eigenvalue weighted by molar-refractivity contribution is -0.119. The Morgan fingerprint density at radius 2 is 1.50 bits per heavy atom. The monoisotopic (exact) mass is 586 g/mol. The second-order valence-electron chi connectivity index (χ2n) is 9.05. The molecule has 0 saturated heterocycles. The van der Waals surface area contributed by atoms with Gasteiger partial charge in [0, 0.05) is 12.6 Å². The van der Waals surface area contributed by atoms with Gasteiger partial charge in [-0.1, -0.05) is 30.3 Å². The largest absolute Gasteiger partial charge is 0.497 e. The van der Waals surface area contributed by atoms with Crippen molar-refractivity contribution in [3.63, 3.8) is 0 Å². The van der Waals surface area contributed by atoms with E-state index in [9.17, 15) is 18.0 Å². The number of ether oxygens (including phenoxy) is 2. The Morgan fingerprint density at radius 3 is 2.12 bits per heavy atom. The van der Waals surface area contributed by atoms with Crippen molar-refractivity contribution in [1.29, 1.82) is 0 Å². The number of anilines is 2. The number of methoxy groups -OCH3 is 1. The van der Waals surface area contributed by atoms with Gasteiger partial charge in [-0.15, -0.1) is 0 Å². The van der Waals surface area contributed by atoms with E-state index in [0.717, 1.165) is 9.87 Å². The van der Waals surface area contributed by atoms with Gasteiger partial charge in [0.25, 0.3) is 15.9 Å². The number of hydrogen-bond donors (Lipinski definition) is 2. The van der Waals surface area contributed by atoms with Gasteiger partial charge in [0.05, 0.1) is 23.9 Å². The number of carbonyl (C=O) groups is 2. The summed E-state index contributed by atoms with van der Waals surface area (Å²) in [5, 5.41) is 6.58. The number of hydrazone groups is 1. The third-order valence-electron chi connectivity index (χ3n) is 5.94. The van der Waals surface area contributed by atoms with Crippen LogP contribution in [-0.2, 0) is 26.2 Å². The summed E-state index contributed by atoms with van der Waals surface area (Å²) in [6.07, 6.45) is 1.45. The fraction of sp³-hybridized carbons (Fsp3) is 0.129. The smallest absolute Gasteiger partial charge is 0.264 e. The second-order valence-corrected chi connectivity index (χ2v) is 10.9. The van der Waals surface area contributed by atoms with Gasteiger partial charge in [-0.3, -0.25) is 13.9 Å².